The third-order valence-corrected chi connectivity index (χ3v) is 2.24. The van der Waals surface area contributed by atoms with Crippen molar-refractivity contribution in [3.05, 3.63) is 11.6 Å². The van der Waals surface area contributed by atoms with Crippen LogP contribution in [0.4, 0.5) is 0 Å². The molecule has 0 aromatic rings. The van der Waals surface area contributed by atoms with Crippen LogP contribution in [0.2, 0.25) is 0 Å². The summed E-state index contributed by atoms with van der Waals surface area (Å²) in [5.41, 5.74) is 6.37. The lowest BCUT2D eigenvalue weighted by molar-refractivity contribution is -0.147. The minimum atomic E-state index is -0.875. The summed E-state index contributed by atoms with van der Waals surface area (Å²) in [7, 11) is 1.38. The fourth-order valence-corrected chi connectivity index (χ4v) is 1.57. The van der Waals surface area contributed by atoms with Gasteiger partial charge < -0.3 is 10.5 Å². The average Bonchev–Trinajstić information content (AvgIpc) is 2.12. The molecule has 3 nitrogen and oxygen atoms in total. The Kier molecular flexibility index (Phi) is 5.58. The molecule has 0 amide bonds. The molecule has 0 radical (unpaired) electrons. The van der Waals surface area contributed by atoms with E-state index in [1.165, 1.54) is 7.11 Å². The number of hydrogen-bond acceptors (Lipinski definition) is 3. The molecule has 0 aliphatic heterocycles. The van der Waals surface area contributed by atoms with Crippen LogP contribution in [0.1, 0.15) is 40.5 Å². The zero-order valence-electron chi connectivity index (χ0n) is 10.5. The van der Waals surface area contributed by atoms with Crippen LogP contribution in [0.25, 0.3) is 0 Å². The van der Waals surface area contributed by atoms with E-state index in [4.69, 9.17) is 10.5 Å². The molecule has 0 heterocycles. The van der Waals surface area contributed by atoms with Gasteiger partial charge in [0, 0.05) is 0 Å². The van der Waals surface area contributed by atoms with Gasteiger partial charge in [-0.05, 0) is 32.6 Å². The molecule has 2 N–H and O–H groups in total. The maximum Gasteiger partial charge on any atom is 0.326 e. The first-order valence-electron chi connectivity index (χ1n) is 5.32. The number of carbonyl (C=O) groups is 1. The predicted molar refractivity (Wildman–Crippen MR) is 62.4 cm³/mol. The van der Waals surface area contributed by atoms with Crippen LogP contribution in [0.5, 0.6) is 0 Å². The van der Waals surface area contributed by atoms with Crippen molar-refractivity contribution in [2.75, 3.05) is 7.11 Å². The van der Waals surface area contributed by atoms with Crippen molar-refractivity contribution in [1.82, 2.24) is 0 Å². The van der Waals surface area contributed by atoms with Crippen molar-refractivity contribution in [2.24, 2.45) is 11.7 Å². The maximum absolute atomic E-state index is 11.6. The van der Waals surface area contributed by atoms with Crippen molar-refractivity contribution in [1.29, 1.82) is 0 Å². The van der Waals surface area contributed by atoms with Gasteiger partial charge in [-0.15, -0.1) is 0 Å². The topological polar surface area (TPSA) is 52.3 Å². The zero-order chi connectivity index (χ0) is 12.1. The fraction of sp³-hybridized carbons (Fsp3) is 0.750. The number of nitrogens with two attached hydrogens (primary N) is 1. The number of rotatable bonds is 5. The molecule has 0 saturated heterocycles. The molecule has 0 unspecified atom stereocenters. The molecular weight excluding hydrogens is 190 g/mol. The van der Waals surface area contributed by atoms with Crippen LogP contribution in [-0.4, -0.2) is 18.6 Å². The van der Waals surface area contributed by atoms with E-state index in [-0.39, 0.29) is 5.97 Å². The Labute approximate surface area is 92.7 Å². The third-order valence-electron chi connectivity index (χ3n) is 2.24. The third kappa shape index (κ3) is 4.98. The Morgan fingerprint density at radius 2 is 2.00 bits per heavy atom. The van der Waals surface area contributed by atoms with E-state index < -0.39 is 5.54 Å². The molecule has 0 fully saturated rings. The SMILES string of the molecule is COC(=O)[C@@](N)(CC=C(C)C)CC(C)C. The van der Waals surface area contributed by atoms with Gasteiger partial charge in [-0.3, -0.25) is 4.79 Å². The number of carbonyl (C=O) groups excluding carboxylic acids is 1. The summed E-state index contributed by atoms with van der Waals surface area (Å²) in [6.07, 6.45) is 3.17. The molecule has 0 spiro atoms. The highest BCUT2D eigenvalue weighted by Gasteiger charge is 2.34. The van der Waals surface area contributed by atoms with E-state index in [0.717, 1.165) is 5.57 Å². The molecule has 15 heavy (non-hydrogen) atoms. The number of methoxy groups -OCH3 is 1. The Bertz CT molecular complexity index is 242. The highest BCUT2D eigenvalue weighted by atomic mass is 16.5. The number of hydrogen-bond donors (Lipinski definition) is 1. The van der Waals surface area contributed by atoms with Gasteiger partial charge in [-0.25, -0.2) is 0 Å². The van der Waals surface area contributed by atoms with Crippen LogP contribution >= 0.6 is 0 Å². The summed E-state index contributed by atoms with van der Waals surface area (Å²) < 4.78 is 4.76. The van der Waals surface area contributed by atoms with E-state index in [9.17, 15) is 4.79 Å². The average molecular weight is 213 g/mol. The van der Waals surface area contributed by atoms with Crippen molar-refractivity contribution in [3.63, 3.8) is 0 Å². The summed E-state index contributed by atoms with van der Waals surface area (Å²) >= 11 is 0. The molecule has 3 heteroatoms. The summed E-state index contributed by atoms with van der Waals surface area (Å²) in [4.78, 5) is 11.6. The molecule has 88 valence electrons. The van der Waals surface area contributed by atoms with Crippen LogP contribution < -0.4 is 5.73 Å². The van der Waals surface area contributed by atoms with E-state index in [2.05, 4.69) is 0 Å². The van der Waals surface area contributed by atoms with E-state index in [1.54, 1.807) is 0 Å². The highest BCUT2D eigenvalue weighted by molar-refractivity contribution is 5.80. The summed E-state index contributed by atoms with van der Waals surface area (Å²) in [6, 6.07) is 0. The predicted octanol–water partition coefficient (Wildman–Crippen LogP) is 2.26. The van der Waals surface area contributed by atoms with Crippen LogP contribution in [-0.2, 0) is 9.53 Å². The number of esters is 1. The van der Waals surface area contributed by atoms with Crippen molar-refractivity contribution < 1.29 is 9.53 Å². The van der Waals surface area contributed by atoms with Gasteiger partial charge >= 0.3 is 5.97 Å². The van der Waals surface area contributed by atoms with Gasteiger partial charge in [-0.1, -0.05) is 25.5 Å². The molecule has 0 aromatic heterocycles. The lowest BCUT2D eigenvalue weighted by Crippen LogP contribution is -2.49. The van der Waals surface area contributed by atoms with Gasteiger partial charge in [0.05, 0.1) is 7.11 Å². The van der Waals surface area contributed by atoms with E-state index in [0.29, 0.717) is 18.8 Å². The second-order valence-corrected chi connectivity index (χ2v) is 4.73. The second kappa shape index (κ2) is 5.91. The molecule has 0 aromatic carbocycles. The molecular formula is C12H23NO2. The van der Waals surface area contributed by atoms with Crippen LogP contribution in [0.15, 0.2) is 11.6 Å². The summed E-state index contributed by atoms with van der Waals surface area (Å²) in [6.45, 7) is 8.08. The number of ether oxygens (including phenoxy) is 1. The zero-order valence-corrected chi connectivity index (χ0v) is 10.5. The largest absolute Gasteiger partial charge is 0.468 e. The van der Waals surface area contributed by atoms with Crippen molar-refractivity contribution in [2.45, 2.75) is 46.1 Å². The molecule has 0 bridgehead atoms. The minimum Gasteiger partial charge on any atom is -0.468 e. The lowest BCUT2D eigenvalue weighted by atomic mass is 9.86. The van der Waals surface area contributed by atoms with Gasteiger partial charge in [0.1, 0.15) is 5.54 Å². The first-order chi connectivity index (χ1) is 6.81. The van der Waals surface area contributed by atoms with Gasteiger partial charge in [0.25, 0.3) is 0 Å². The second-order valence-electron chi connectivity index (χ2n) is 4.73. The monoisotopic (exact) mass is 213 g/mol. The first-order valence-corrected chi connectivity index (χ1v) is 5.32. The minimum absolute atomic E-state index is 0.325. The fourth-order valence-electron chi connectivity index (χ4n) is 1.57. The Balaban J connectivity index is 4.69. The van der Waals surface area contributed by atoms with Gasteiger partial charge in [0.15, 0.2) is 0 Å². The molecule has 0 aliphatic rings. The van der Waals surface area contributed by atoms with Crippen LogP contribution in [0, 0.1) is 5.92 Å². The molecule has 0 rings (SSSR count). The Morgan fingerprint density at radius 1 is 1.47 bits per heavy atom. The van der Waals surface area contributed by atoms with E-state index in [1.807, 2.05) is 33.8 Å². The maximum atomic E-state index is 11.6. The molecule has 0 saturated carbocycles. The van der Waals surface area contributed by atoms with Crippen LogP contribution in [0.3, 0.4) is 0 Å². The highest BCUT2D eigenvalue weighted by Crippen LogP contribution is 2.21. The standard InChI is InChI=1S/C12H23NO2/c1-9(2)6-7-12(13,8-10(3)4)11(14)15-5/h6,10H,7-8,13H2,1-5H3/t12-/m1/s1. The molecule has 1 atom stereocenters. The normalized spacial score (nSPS) is 14.6. The summed E-state index contributed by atoms with van der Waals surface area (Å²) in [5, 5.41) is 0. The lowest BCUT2D eigenvalue weighted by Gasteiger charge is -2.27. The number of allylic oxidation sites excluding steroid dienone is 1. The first kappa shape index (κ1) is 14.2. The van der Waals surface area contributed by atoms with E-state index >= 15 is 0 Å². The van der Waals surface area contributed by atoms with Crippen molar-refractivity contribution >= 4 is 5.97 Å². The van der Waals surface area contributed by atoms with Gasteiger partial charge in [-0.2, -0.15) is 0 Å². The quantitative estimate of drug-likeness (QED) is 0.563. The van der Waals surface area contributed by atoms with Crippen molar-refractivity contribution in [3.8, 4) is 0 Å². The Morgan fingerprint density at radius 3 is 2.33 bits per heavy atom. The van der Waals surface area contributed by atoms with Gasteiger partial charge in [0.2, 0.25) is 0 Å². The summed E-state index contributed by atoms with van der Waals surface area (Å²) in [5.74, 6) is 0.0494. The Hall–Kier alpha value is -0.830. The molecule has 0 aliphatic carbocycles. The smallest absolute Gasteiger partial charge is 0.326 e.